The zero-order chi connectivity index (χ0) is 21.3. The summed E-state index contributed by atoms with van der Waals surface area (Å²) in [6, 6.07) is 13.4. The third kappa shape index (κ3) is 4.55. The highest BCUT2D eigenvalue weighted by molar-refractivity contribution is 5.79. The van der Waals surface area contributed by atoms with Gasteiger partial charge in [0.2, 0.25) is 5.91 Å². The zero-order valence-corrected chi connectivity index (χ0v) is 17.2. The number of nitrogens with zero attached hydrogens (tertiary/aromatic N) is 2. The van der Waals surface area contributed by atoms with Gasteiger partial charge in [-0.15, -0.1) is 0 Å². The molecule has 30 heavy (non-hydrogen) atoms. The van der Waals surface area contributed by atoms with Gasteiger partial charge in [0, 0.05) is 31.1 Å². The van der Waals surface area contributed by atoms with E-state index in [-0.39, 0.29) is 24.4 Å². The van der Waals surface area contributed by atoms with Crippen LogP contribution in [0.25, 0.3) is 0 Å². The van der Waals surface area contributed by atoms with Gasteiger partial charge < -0.3 is 10.0 Å². The lowest BCUT2D eigenvalue weighted by molar-refractivity contribution is -0.142. The standard InChI is InChI=1S/C24H28F2N2O2/c1-27(15-17-5-3-2-4-6-17)16-23(29)28-20-9-10-21(28)14-24(30,13-20)12-18-7-8-19(25)11-22(18)26/h2-8,11,20-21,30H,9-10,12-16H2,1H3. The van der Waals surface area contributed by atoms with Crippen LogP contribution in [0.5, 0.6) is 0 Å². The van der Waals surface area contributed by atoms with Crippen molar-refractivity contribution in [3.05, 3.63) is 71.3 Å². The molecule has 0 spiro atoms. The molecule has 0 aromatic heterocycles. The van der Waals surface area contributed by atoms with Crippen LogP contribution < -0.4 is 0 Å². The van der Waals surface area contributed by atoms with Crippen molar-refractivity contribution in [3.8, 4) is 0 Å². The number of amides is 1. The first-order valence-corrected chi connectivity index (χ1v) is 10.5. The maximum atomic E-state index is 14.1. The largest absolute Gasteiger partial charge is 0.389 e. The van der Waals surface area contributed by atoms with Crippen LogP contribution in [0, 0.1) is 11.6 Å². The molecule has 160 valence electrons. The number of rotatable bonds is 6. The Labute approximate surface area is 176 Å². The van der Waals surface area contributed by atoms with E-state index < -0.39 is 17.2 Å². The molecule has 4 nitrogen and oxygen atoms in total. The summed E-state index contributed by atoms with van der Waals surface area (Å²) < 4.78 is 27.3. The number of fused-ring (bicyclic) bond motifs is 2. The second-order valence-electron chi connectivity index (χ2n) is 8.89. The van der Waals surface area contributed by atoms with Gasteiger partial charge in [-0.25, -0.2) is 8.78 Å². The van der Waals surface area contributed by atoms with Crippen molar-refractivity contribution in [2.45, 2.75) is 56.3 Å². The van der Waals surface area contributed by atoms with Gasteiger partial charge in [0.15, 0.2) is 0 Å². The summed E-state index contributed by atoms with van der Waals surface area (Å²) in [5.74, 6) is -1.17. The minimum absolute atomic E-state index is 0.0325. The van der Waals surface area contributed by atoms with Crippen LogP contribution in [-0.2, 0) is 17.8 Å². The SMILES string of the molecule is CN(CC(=O)N1C2CCC1CC(O)(Cc1ccc(F)cc1F)C2)Cc1ccccc1. The summed E-state index contributed by atoms with van der Waals surface area (Å²) in [7, 11) is 1.93. The molecule has 2 heterocycles. The van der Waals surface area contributed by atoms with Crippen LogP contribution >= 0.6 is 0 Å². The van der Waals surface area contributed by atoms with Crippen molar-refractivity contribution < 1.29 is 18.7 Å². The minimum atomic E-state index is -1.07. The van der Waals surface area contributed by atoms with Crippen molar-refractivity contribution in [1.29, 1.82) is 0 Å². The topological polar surface area (TPSA) is 43.8 Å². The number of hydrogen-bond donors (Lipinski definition) is 1. The van der Waals surface area contributed by atoms with Gasteiger partial charge >= 0.3 is 0 Å². The highest BCUT2D eigenvalue weighted by Crippen LogP contribution is 2.42. The Balaban J connectivity index is 1.39. The maximum absolute atomic E-state index is 14.1. The molecule has 0 radical (unpaired) electrons. The Morgan fingerprint density at radius 2 is 1.80 bits per heavy atom. The predicted molar refractivity (Wildman–Crippen MR) is 111 cm³/mol. The fourth-order valence-electron chi connectivity index (χ4n) is 5.16. The number of piperidine rings is 1. The Bertz CT molecular complexity index is 891. The lowest BCUT2D eigenvalue weighted by Crippen LogP contribution is -2.55. The minimum Gasteiger partial charge on any atom is -0.389 e. The number of carbonyl (C=O) groups excluding carboxylic acids is 1. The van der Waals surface area contributed by atoms with E-state index in [1.54, 1.807) is 0 Å². The third-order valence-corrected chi connectivity index (χ3v) is 6.37. The first kappa shape index (κ1) is 20.9. The Hall–Kier alpha value is -2.31. The van der Waals surface area contributed by atoms with Crippen molar-refractivity contribution in [2.24, 2.45) is 0 Å². The van der Waals surface area contributed by atoms with E-state index in [0.717, 1.165) is 24.5 Å². The molecule has 2 aliphatic rings. The molecular weight excluding hydrogens is 386 g/mol. The molecule has 1 N–H and O–H groups in total. The van der Waals surface area contributed by atoms with E-state index in [9.17, 15) is 18.7 Å². The summed E-state index contributed by atoms with van der Waals surface area (Å²) in [5, 5.41) is 11.2. The lowest BCUT2D eigenvalue weighted by Gasteiger charge is -2.44. The normalized spacial score (nSPS) is 25.7. The van der Waals surface area contributed by atoms with Crippen molar-refractivity contribution in [1.82, 2.24) is 9.80 Å². The van der Waals surface area contributed by atoms with Crippen molar-refractivity contribution in [2.75, 3.05) is 13.6 Å². The predicted octanol–water partition coefficient (Wildman–Crippen LogP) is 3.52. The second-order valence-corrected chi connectivity index (χ2v) is 8.89. The molecule has 2 saturated heterocycles. The molecule has 6 heteroatoms. The number of halogens is 2. The average molecular weight is 414 g/mol. The molecule has 2 unspecified atom stereocenters. The summed E-state index contributed by atoms with van der Waals surface area (Å²) in [6.45, 7) is 1.02. The summed E-state index contributed by atoms with van der Waals surface area (Å²) in [6.07, 6.45) is 2.70. The molecule has 0 saturated carbocycles. The van der Waals surface area contributed by atoms with Gasteiger partial charge in [-0.1, -0.05) is 36.4 Å². The van der Waals surface area contributed by atoms with E-state index >= 15 is 0 Å². The van der Waals surface area contributed by atoms with Gasteiger partial charge in [0.25, 0.3) is 0 Å². The van der Waals surface area contributed by atoms with E-state index in [1.807, 2.05) is 47.2 Å². The van der Waals surface area contributed by atoms with E-state index in [1.165, 1.54) is 12.1 Å². The van der Waals surface area contributed by atoms with Gasteiger partial charge in [-0.2, -0.15) is 0 Å². The molecule has 2 aromatic rings. The van der Waals surface area contributed by atoms with Crippen LogP contribution in [0.1, 0.15) is 36.8 Å². The smallest absolute Gasteiger partial charge is 0.237 e. The quantitative estimate of drug-likeness (QED) is 0.787. The Morgan fingerprint density at radius 3 is 2.43 bits per heavy atom. The molecular formula is C24H28F2N2O2. The van der Waals surface area contributed by atoms with Crippen LogP contribution in [-0.4, -0.2) is 52.1 Å². The molecule has 2 aliphatic heterocycles. The Kier molecular flexibility index (Phi) is 5.89. The highest BCUT2D eigenvalue weighted by atomic mass is 19.1. The molecule has 2 aromatic carbocycles. The van der Waals surface area contributed by atoms with E-state index in [2.05, 4.69) is 0 Å². The monoisotopic (exact) mass is 414 g/mol. The van der Waals surface area contributed by atoms with Gasteiger partial charge in [-0.05, 0) is 49.9 Å². The number of hydrogen-bond acceptors (Lipinski definition) is 3. The Morgan fingerprint density at radius 1 is 1.13 bits per heavy atom. The van der Waals surface area contributed by atoms with Gasteiger partial charge in [0.05, 0.1) is 12.1 Å². The average Bonchev–Trinajstić information content (AvgIpc) is 2.97. The molecule has 2 bridgehead atoms. The van der Waals surface area contributed by atoms with Crippen LogP contribution in [0.15, 0.2) is 48.5 Å². The number of aliphatic hydroxyl groups is 1. The fraction of sp³-hybridized carbons (Fsp3) is 0.458. The van der Waals surface area contributed by atoms with Crippen LogP contribution in [0.2, 0.25) is 0 Å². The third-order valence-electron chi connectivity index (χ3n) is 6.37. The number of carbonyl (C=O) groups is 1. The van der Waals surface area contributed by atoms with Crippen molar-refractivity contribution >= 4 is 5.91 Å². The number of benzene rings is 2. The first-order chi connectivity index (χ1) is 14.3. The molecule has 0 aliphatic carbocycles. The van der Waals surface area contributed by atoms with Crippen molar-refractivity contribution in [3.63, 3.8) is 0 Å². The van der Waals surface area contributed by atoms with E-state index in [0.29, 0.717) is 31.5 Å². The fourth-order valence-corrected chi connectivity index (χ4v) is 5.16. The highest BCUT2D eigenvalue weighted by Gasteiger charge is 2.49. The van der Waals surface area contributed by atoms with Crippen LogP contribution in [0.4, 0.5) is 8.78 Å². The van der Waals surface area contributed by atoms with Gasteiger partial charge in [-0.3, -0.25) is 9.69 Å². The van der Waals surface area contributed by atoms with Crippen LogP contribution in [0.3, 0.4) is 0 Å². The maximum Gasteiger partial charge on any atom is 0.237 e. The summed E-state index contributed by atoms with van der Waals surface area (Å²) in [4.78, 5) is 17.0. The zero-order valence-electron chi connectivity index (χ0n) is 17.2. The lowest BCUT2D eigenvalue weighted by atomic mass is 9.81. The summed E-state index contributed by atoms with van der Waals surface area (Å²) >= 11 is 0. The second kappa shape index (κ2) is 8.44. The molecule has 1 amide bonds. The summed E-state index contributed by atoms with van der Waals surface area (Å²) in [5.41, 5.74) is 0.405. The number of likely N-dealkylation sites (N-methyl/N-ethyl adjacent to an activating group) is 1. The first-order valence-electron chi connectivity index (χ1n) is 10.5. The molecule has 4 rings (SSSR count). The molecule has 2 atom stereocenters. The van der Waals surface area contributed by atoms with Gasteiger partial charge in [0.1, 0.15) is 11.6 Å². The van der Waals surface area contributed by atoms with E-state index in [4.69, 9.17) is 0 Å². The molecule has 2 fully saturated rings.